The van der Waals surface area contributed by atoms with Crippen molar-refractivity contribution in [3.63, 3.8) is 0 Å². The number of hydrogen-bond donors (Lipinski definition) is 1. The summed E-state index contributed by atoms with van der Waals surface area (Å²) in [5.74, 6) is -0.326. The highest BCUT2D eigenvalue weighted by atomic mass is 16.5. The molecule has 1 fully saturated rings. The van der Waals surface area contributed by atoms with Gasteiger partial charge in [0.25, 0.3) is 0 Å². The van der Waals surface area contributed by atoms with Gasteiger partial charge in [-0.25, -0.2) is 4.79 Å². The van der Waals surface area contributed by atoms with E-state index in [2.05, 4.69) is 11.9 Å². The van der Waals surface area contributed by atoms with Gasteiger partial charge in [-0.2, -0.15) is 0 Å². The van der Waals surface area contributed by atoms with Gasteiger partial charge >= 0.3 is 5.97 Å². The Hall–Kier alpha value is -1.32. The highest BCUT2D eigenvalue weighted by Crippen LogP contribution is 2.11. The van der Waals surface area contributed by atoms with Crippen molar-refractivity contribution in [2.24, 2.45) is 0 Å². The highest BCUT2D eigenvalue weighted by Gasteiger charge is 2.28. The summed E-state index contributed by atoms with van der Waals surface area (Å²) in [5, 5.41) is 2.62. The second-order valence-corrected chi connectivity index (χ2v) is 5.73. The minimum atomic E-state index is -0.409. The van der Waals surface area contributed by atoms with Crippen molar-refractivity contribution in [1.29, 1.82) is 0 Å². The Morgan fingerprint density at radius 1 is 1.14 bits per heavy atom. The summed E-state index contributed by atoms with van der Waals surface area (Å²) in [4.78, 5) is 22.6. The number of nitrogens with one attached hydrogen (secondary N) is 1. The first-order valence-electron chi connectivity index (χ1n) is 8.31. The molecule has 0 aliphatic carbocycles. The summed E-state index contributed by atoms with van der Waals surface area (Å²) in [6, 6.07) is -0.409. The number of allylic oxidation sites excluding steroid dienone is 1. The van der Waals surface area contributed by atoms with Crippen LogP contribution in [0, 0.1) is 0 Å². The zero-order chi connectivity index (χ0) is 15.3. The van der Waals surface area contributed by atoms with Crippen molar-refractivity contribution >= 4 is 11.9 Å². The molecule has 0 saturated carbocycles. The molecule has 0 aromatic rings. The van der Waals surface area contributed by atoms with Gasteiger partial charge in [0.15, 0.2) is 0 Å². The minimum Gasteiger partial charge on any atom is -0.464 e. The minimum absolute atomic E-state index is 0.0509. The van der Waals surface area contributed by atoms with E-state index in [9.17, 15) is 9.59 Å². The van der Waals surface area contributed by atoms with E-state index in [4.69, 9.17) is 4.74 Å². The highest BCUT2D eigenvalue weighted by molar-refractivity contribution is 5.87. The zero-order valence-electron chi connectivity index (χ0n) is 13.1. The average Bonchev–Trinajstić information content (AvgIpc) is 2.91. The van der Waals surface area contributed by atoms with Gasteiger partial charge in [-0.3, -0.25) is 4.79 Å². The standard InChI is InChI=1S/C17H29NO3/c1-2-3-4-5-6-7-8-9-10-11-14-21-17(20)15-12-13-16(19)18-15/h2,15H,1,3-14H2,(H,18,19)/t15-/m0/s1. The maximum absolute atomic E-state index is 11.6. The molecular weight excluding hydrogens is 266 g/mol. The van der Waals surface area contributed by atoms with Crippen LogP contribution in [0.25, 0.3) is 0 Å². The Bertz CT molecular complexity index is 328. The van der Waals surface area contributed by atoms with Gasteiger partial charge < -0.3 is 10.1 Å². The molecule has 1 aliphatic rings. The van der Waals surface area contributed by atoms with E-state index in [1.165, 1.54) is 38.5 Å². The molecule has 1 rings (SSSR count). The lowest BCUT2D eigenvalue weighted by atomic mass is 10.1. The number of esters is 1. The molecule has 0 bridgehead atoms. The maximum atomic E-state index is 11.6. The van der Waals surface area contributed by atoms with Crippen LogP contribution < -0.4 is 5.32 Å². The Balaban J connectivity index is 1.83. The van der Waals surface area contributed by atoms with Crippen molar-refractivity contribution in [1.82, 2.24) is 5.32 Å². The molecule has 1 heterocycles. The van der Waals surface area contributed by atoms with Crippen LogP contribution in [0.4, 0.5) is 0 Å². The number of ether oxygens (including phenoxy) is 1. The van der Waals surface area contributed by atoms with Crippen LogP contribution in [0.3, 0.4) is 0 Å². The fraction of sp³-hybridized carbons (Fsp3) is 0.765. The van der Waals surface area contributed by atoms with E-state index in [0.29, 0.717) is 19.4 Å². The van der Waals surface area contributed by atoms with E-state index in [1.54, 1.807) is 0 Å². The third-order valence-corrected chi connectivity index (χ3v) is 3.83. The molecule has 0 spiro atoms. The lowest BCUT2D eigenvalue weighted by Crippen LogP contribution is -2.34. The molecule has 21 heavy (non-hydrogen) atoms. The van der Waals surface area contributed by atoms with Crippen LogP contribution in [-0.2, 0) is 14.3 Å². The van der Waals surface area contributed by atoms with E-state index < -0.39 is 6.04 Å². The Morgan fingerprint density at radius 3 is 2.33 bits per heavy atom. The molecule has 4 nitrogen and oxygen atoms in total. The fourth-order valence-electron chi connectivity index (χ4n) is 2.52. The SMILES string of the molecule is C=CCCCCCCCCCCOC(=O)[C@@H]1CCC(=O)N1. The third kappa shape index (κ3) is 8.53. The summed E-state index contributed by atoms with van der Waals surface area (Å²) < 4.78 is 5.18. The number of carbonyl (C=O) groups is 2. The third-order valence-electron chi connectivity index (χ3n) is 3.83. The quantitative estimate of drug-likeness (QED) is 0.340. The molecule has 1 saturated heterocycles. The van der Waals surface area contributed by atoms with Gasteiger partial charge in [0.2, 0.25) is 5.91 Å². The van der Waals surface area contributed by atoms with Gasteiger partial charge in [-0.15, -0.1) is 6.58 Å². The topological polar surface area (TPSA) is 55.4 Å². The molecule has 120 valence electrons. The van der Waals surface area contributed by atoms with Crippen molar-refractivity contribution in [3.8, 4) is 0 Å². The molecule has 0 unspecified atom stereocenters. The average molecular weight is 295 g/mol. The van der Waals surface area contributed by atoms with Crippen molar-refractivity contribution < 1.29 is 14.3 Å². The monoisotopic (exact) mass is 295 g/mol. The van der Waals surface area contributed by atoms with Crippen molar-refractivity contribution in [2.75, 3.05) is 6.61 Å². The van der Waals surface area contributed by atoms with E-state index in [1.807, 2.05) is 6.08 Å². The molecular formula is C17H29NO3. The van der Waals surface area contributed by atoms with Gasteiger partial charge in [0, 0.05) is 6.42 Å². The van der Waals surface area contributed by atoms with Gasteiger partial charge in [0.05, 0.1) is 6.61 Å². The maximum Gasteiger partial charge on any atom is 0.328 e. The summed E-state index contributed by atoms with van der Waals surface area (Å²) in [7, 11) is 0. The van der Waals surface area contributed by atoms with Crippen LogP contribution >= 0.6 is 0 Å². The van der Waals surface area contributed by atoms with Crippen LogP contribution in [0.5, 0.6) is 0 Å². The normalized spacial score (nSPS) is 17.5. The summed E-state index contributed by atoms with van der Waals surface area (Å²) in [6.45, 7) is 4.20. The molecule has 1 amide bonds. The van der Waals surface area contributed by atoms with Gasteiger partial charge in [-0.05, 0) is 25.7 Å². The number of amides is 1. The van der Waals surface area contributed by atoms with Crippen molar-refractivity contribution in [3.05, 3.63) is 12.7 Å². The number of unbranched alkanes of at least 4 members (excludes halogenated alkanes) is 8. The number of carbonyl (C=O) groups excluding carboxylic acids is 2. The first-order valence-corrected chi connectivity index (χ1v) is 8.31. The molecule has 0 aromatic heterocycles. The Morgan fingerprint density at radius 2 is 1.76 bits per heavy atom. The van der Waals surface area contributed by atoms with Crippen LogP contribution in [0.2, 0.25) is 0 Å². The van der Waals surface area contributed by atoms with E-state index >= 15 is 0 Å². The van der Waals surface area contributed by atoms with Crippen LogP contribution in [0.1, 0.15) is 70.6 Å². The molecule has 4 heteroatoms. The smallest absolute Gasteiger partial charge is 0.328 e. The largest absolute Gasteiger partial charge is 0.464 e. The van der Waals surface area contributed by atoms with E-state index in [0.717, 1.165) is 19.3 Å². The van der Waals surface area contributed by atoms with E-state index in [-0.39, 0.29) is 11.9 Å². The second kappa shape index (κ2) is 11.4. The number of hydrogen-bond acceptors (Lipinski definition) is 3. The van der Waals surface area contributed by atoms with Crippen molar-refractivity contribution in [2.45, 2.75) is 76.7 Å². The zero-order valence-corrected chi connectivity index (χ0v) is 13.1. The summed E-state index contributed by atoms with van der Waals surface area (Å²) >= 11 is 0. The molecule has 0 radical (unpaired) electrons. The second-order valence-electron chi connectivity index (χ2n) is 5.73. The lowest BCUT2D eigenvalue weighted by molar-refractivity contribution is -0.146. The molecule has 1 aliphatic heterocycles. The predicted octanol–water partition coefficient (Wildman–Crippen LogP) is 3.51. The predicted molar refractivity (Wildman–Crippen MR) is 83.9 cm³/mol. The van der Waals surface area contributed by atoms with Crippen LogP contribution in [-0.4, -0.2) is 24.5 Å². The Labute approximate surface area is 128 Å². The Kier molecular flexibility index (Phi) is 9.58. The molecule has 1 N–H and O–H groups in total. The first-order chi connectivity index (χ1) is 10.2. The summed E-state index contributed by atoms with van der Waals surface area (Å²) in [6.07, 6.45) is 13.8. The summed E-state index contributed by atoms with van der Waals surface area (Å²) in [5.41, 5.74) is 0. The van der Waals surface area contributed by atoms with Gasteiger partial charge in [0.1, 0.15) is 6.04 Å². The van der Waals surface area contributed by atoms with Gasteiger partial charge in [-0.1, -0.05) is 44.6 Å². The lowest BCUT2D eigenvalue weighted by Gasteiger charge is -2.09. The molecule has 0 aromatic carbocycles. The first kappa shape index (κ1) is 17.7. The molecule has 1 atom stereocenters. The fourth-order valence-corrected chi connectivity index (χ4v) is 2.52. The van der Waals surface area contributed by atoms with Crippen LogP contribution in [0.15, 0.2) is 12.7 Å². The number of rotatable bonds is 12.